The molecule has 0 radical (unpaired) electrons. The molecule has 1 aromatic rings. The number of hydrogen-bond donors (Lipinski definition) is 0. The van der Waals surface area contributed by atoms with Gasteiger partial charge in [-0.3, -0.25) is 4.68 Å². The zero-order valence-electron chi connectivity index (χ0n) is 9.76. The molecule has 0 aliphatic rings. The van der Waals surface area contributed by atoms with Crippen molar-refractivity contribution < 1.29 is 0 Å². The van der Waals surface area contributed by atoms with Crippen molar-refractivity contribution in [3.8, 4) is 11.8 Å². The predicted molar refractivity (Wildman–Crippen MR) is 64.1 cm³/mol. The number of rotatable bonds is 1. The lowest BCUT2D eigenvalue weighted by atomic mass is 9.90. The quantitative estimate of drug-likeness (QED) is 0.530. The topological polar surface area (TPSA) is 17.8 Å². The van der Waals surface area contributed by atoms with Gasteiger partial charge in [0.15, 0.2) is 0 Å². The zero-order chi connectivity index (χ0) is 11.5. The van der Waals surface area contributed by atoms with Crippen molar-refractivity contribution >= 4 is 11.6 Å². The first kappa shape index (κ1) is 12.1. The van der Waals surface area contributed by atoms with Crippen LogP contribution in [0, 0.1) is 11.8 Å². The van der Waals surface area contributed by atoms with Gasteiger partial charge in [0, 0.05) is 31.0 Å². The van der Waals surface area contributed by atoms with Crippen LogP contribution in [0.25, 0.3) is 0 Å². The molecule has 0 saturated carbocycles. The van der Waals surface area contributed by atoms with Crippen LogP contribution in [0.15, 0.2) is 6.20 Å². The highest BCUT2D eigenvalue weighted by molar-refractivity contribution is 6.18. The van der Waals surface area contributed by atoms with Gasteiger partial charge in [-0.2, -0.15) is 5.10 Å². The number of aryl methyl sites for hydroxylation is 1. The minimum Gasteiger partial charge on any atom is -0.274 e. The normalized spacial score (nSPS) is 11.0. The number of hydrogen-bond acceptors (Lipinski definition) is 1. The Morgan fingerprint density at radius 1 is 1.47 bits per heavy atom. The SMILES string of the molecule is Cn1cc(C#CCCCl)c(C(C)(C)C)n1. The molecule has 0 saturated heterocycles. The molecular weight excluding hydrogens is 208 g/mol. The van der Waals surface area contributed by atoms with Crippen LogP contribution in [0.2, 0.25) is 0 Å². The Morgan fingerprint density at radius 3 is 2.67 bits per heavy atom. The Labute approximate surface area is 96.6 Å². The molecule has 1 heterocycles. The molecule has 2 nitrogen and oxygen atoms in total. The minimum absolute atomic E-state index is 0.0340. The van der Waals surface area contributed by atoms with Crippen LogP contribution >= 0.6 is 11.6 Å². The van der Waals surface area contributed by atoms with Crippen LogP contribution in [0.5, 0.6) is 0 Å². The standard InChI is InChI=1S/C12H17ClN2/c1-12(2,3)11-10(7-5-6-8-13)9-15(4)14-11/h9H,6,8H2,1-4H3. The smallest absolute Gasteiger partial charge is 0.0834 e. The van der Waals surface area contributed by atoms with Gasteiger partial charge in [-0.1, -0.05) is 32.6 Å². The molecule has 0 N–H and O–H groups in total. The van der Waals surface area contributed by atoms with Crippen LogP contribution in [-0.2, 0) is 12.5 Å². The van der Waals surface area contributed by atoms with Crippen LogP contribution in [0.1, 0.15) is 38.4 Å². The van der Waals surface area contributed by atoms with E-state index in [-0.39, 0.29) is 5.41 Å². The van der Waals surface area contributed by atoms with E-state index in [1.807, 2.05) is 17.9 Å². The van der Waals surface area contributed by atoms with Gasteiger partial charge >= 0.3 is 0 Å². The van der Waals surface area contributed by atoms with Crippen LogP contribution < -0.4 is 0 Å². The van der Waals surface area contributed by atoms with E-state index in [2.05, 4.69) is 37.7 Å². The van der Waals surface area contributed by atoms with Gasteiger partial charge in [0.25, 0.3) is 0 Å². The lowest BCUT2D eigenvalue weighted by Crippen LogP contribution is -2.14. The predicted octanol–water partition coefficient (Wildman–Crippen LogP) is 2.70. The molecule has 0 atom stereocenters. The summed E-state index contributed by atoms with van der Waals surface area (Å²) in [5.41, 5.74) is 2.09. The van der Waals surface area contributed by atoms with Gasteiger partial charge in [-0.15, -0.1) is 11.6 Å². The Morgan fingerprint density at radius 2 is 2.13 bits per heavy atom. The molecule has 15 heavy (non-hydrogen) atoms. The first-order valence-corrected chi connectivity index (χ1v) is 5.57. The molecule has 0 unspecified atom stereocenters. The van der Waals surface area contributed by atoms with Crippen molar-refractivity contribution in [3.05, 3.63) is 17.5 Å². The average molecular weight is 225 g/mol. The second kappa shape index (κ2) is 4.72. The number of halogens is 1. The Bertz CT molecular complexity index is 388. The van der Waals surface area contributed by atoms with Crippen LogP contribution in [0.4, 0.5) is 0 Å². The van der Waals surface area contributed by atoms with Gasteiger partial charge in [0.2, 0.25) is 0 Å². The monoisotopic (exact) mass is 224 g/mol. The molecule has 0 fully saturated rings. The molecule has 3 heteroatoms. The van der Waals surface area contributed by atoms with Gasteiger partial charge in [0.05, 0.1) is 11.3 Å². The fourth-order valence-corrected chi connectivity index (χ4v) is 1.43. The number of aromatic nitrogens is 2. The fraction of sp³-hybridized carbons (Fsp3) is 0.583. The van der Waals surface area contributed by atoms with E-state index < -0.39 is 0 Å². The Kier molecular flexibility index (Phi) is 3.82. The van der Waals surface area contributed by atoms with Gasteiger partial charge in [0.1, 0.15) is 0 Å². The number of nitrogens with zero attached hydrogens (tertiary/aromatic N) is 2. The summed E-state index contributed by atoms with van der Waals surface area (Å²) in [6.45, 7) is 6.42. The minimum atomic E-state index is 0.0340. The molecule has 0 spiro atoms. The molecule has 0 aliphatic carbocycles. The molecule has 0 aromatic carbocycles. The Hall–Kier alpha value is -0.940. The van der Waals surface area contributed by atoms with Gasteiger partial charge in [-0.25, -0.2) is 0 Å². The lowest BCUT2D eigenvalue weighted by Gasteiger charge is -2.15. The van der Waals surface area contributed by atoms with E-state index in [4.69, 9.17) is 11.6 Å². The van der Waals surface area contributed by atoms with E-state index in [0.29, 0.717) is 5.88 Å². The molecule has 1 aromatic heterocycles. The highest BCUT2D eigenvalue weighted by Gasteiger charge is 2.20. The van der Waals surface area contributed by atoms with E-state index >= 15 is 0 Å². The van der Waals surface area contributed by atoms with Crippen molar-refractivity contribution in [1.82, 2.24) is 9.78 Å². The maximum absolute atomic E-state index is 5.58. The molecule has 1 rings (SSSR count). The largest absolute Gasteiger partial charge is 0.274 e. The van der Waals surface area contributed by atoms with E-state index in [1.165, 1.54) is 0 Å². The molecule has 0 bridgehead atoms. The first-order chi connectivity index (χ1) is 6.95. The summed E-state index contributed by atoms with van der Waals surface area (Å²) in [5, 5.41) is 4.44. The van der Waals surface area contributed by atoms with Crippen LogP contribution in [0.3, 0.4) is 0 Å². The summed E-state index contributed by atoms with van der Waals surface area (Å²) in [7, 11) is 1.92. The first-order valence-electron chi connectivity index (χ1n) is 5.04. The summed E-state index contributed by atoms with van der Waals surface area (Å²) in [4.78, 5) is 0. The molecule has 0 aliphatic heterocycles. The summed E-state index contributed by atoms with van der Waals surface area (Å²) in [6, 6.07) is 0. The van der Waals surface area contributed by atoms with Gasteiger partial charge in [-0.05, 0) is 0 Å². The van der Waals surface area contributed by atoms with Gasteiger partial charge < -0.3 is 0 Å². The summed E-state index contributed by atoms with van der Waals surface area (Å²) in [5.74, 6) is 6.75. The molecule has 0 amide bonds. The summed E-state index contributed by atoms with van der Waals surface area (Å²) >= 11 is 5.58. The van der Waals surface area contributed by atoms with Crippen molar-refractivity contribution in [1.29, 1.82) is 0 Å². The zero-order valence-corrected chi connectivity index (χ0v) is 10.5. The second-order valence-corrected chi connectivity index (χ2v) is 4.93. The fourth-order valence-electron chi connectivity index (χ4n) is 1.34. The average Bonchev–Trinajstić information content (AvgIpc) is 2.47. The number of alkyl halides is 1. The highest BCUT2D eigenvalue weighted by atomic mass is 35.5. The van der Waals surface area contributed by atoms with Crippen molar-refractivity contribution in [2.75, 3.05) is 5.88 Å². The van der Waals surface area contributed by atoms with Crippen molar-refractivity contribution in [2.45, 2.75) is 32.6 Å². The highest BCUT2D eigenvalue weighted by Crippen LogP contribution is 2.23. The van der Waals surface area contributed by atoms with E-state index in [9.17, 15) is 0 Å². The summed E-state index contributed by atoms with van der Waals surface area (Å²) < 4.78 is 1.81. The third-order valence-electron chi connectivity index (χ3n) is 1.98. The second-order valence-electron chi connectivity index (χ2n) is 4.56. The van der Waals surface area contributed by atoms with Crippen molar-refractivity contribution in [2.24, 2.45) is 7.05 Å². The third-order valence-corrected chi connectivity index (χ3v) is 2.17. The van der Waals surface area contributed by atoms with Crippen molar-refractivity contribution in [3.63, 3.8) is 0 Å². The lowest BCUT2D eigenvalue weighted by molar-refractivity contribution is 0.552. The van der Waals surface area contributed by atoms with E-state index in [1.54, 1.807) is 0 Å². The maximum atomic E-state index is 5.58. The Balaban J connectivity index is 3.04. The summed E-state index contributed by atoms with van der Waals surface area (Å²) in [6.07, 6.45) is 2.68. The molecule has 82 valence electrons. The van der Waals surface area contributed by atoms with Crippen LogP contribution in [-0.4, -0.2) is 15.7 Å². The van der Waals surface area contributed by atoms with E-state index in [0.717, 1.165) is 17.7 Å². The third kappa shape index (κ3) is 3.28. The molecular formula is C12H17ClN2. The maximum Gasteiger partial charge on any atom is 0.0834 e.